The van der Waals surface area contributed by atoms with Gasteiger partial charge >= 0.3 is 0 Å². The van der Waals surface area contributed by atoms with Crippen LogP contribution in [0.15, 0.2) is 30.3 Å². The van der Waals surface area contributed by atoms with E-state index in [1.165, 1.54) is 0 Å². The highest BCUT2D eigenvalue weighted by atomic mass is 16.5. The van der Waals surface area contributed by atoms with E-state index in [4.69, 9.17) is 4.74 Å². The molecule has 0 bridgehead atoms. The zero-order chi connectivity index (χ0) is 14.4. The summed E-state index contributed by atoms with van der Waals surface area (Å²) in [4.78, 5) is 14.2. The molecule has 108 valence electrons. The third-order valence-electron chi connectivity index (χ3n) is 3.63. The fourth-order valence-corrected chi connectivity index (χ4v) is 2.48. The van der Waals surface area contributed by atoms with Crippen LogP contribution in [0, 0.1) is 0 Å². The fraction of sp³-hybridized carbons (Fsp3) is 0.438. The fourth-order valence-electron chi connectivity index (χ4n) is 2.48. The first-order chi connectivity index (χ1) is 9.74. The average Bonchev–Trinajstić information content (AvgIpc) is 3.00. The summed E-state index contributed by atoms with van der Waals surface area (Å²) in [6.07, 6.45) is 4.55. The Kier molecular flexibility index (Phi) is 5.18. The standard InChI is InChI=1S/C16H22N2O2/c1-3-18(14-10-11-17-12-14)16(19)9-6-13-4-7-15(20-2)8-5-13/h4-9,14,17H,3,10-12H2,1-2H3. The van der Waals surface area contributed by atoms with Crippen LogP contribution < -0.4 is 10.1 Å². The number of ether oxygens (including phenoxy) is 1. The van der Waals surface area contributed by atoms with Crippen molar-refractivity contribution >= 4 is 12.0 Å². The van der Waals surface area contributed by atoms with Crippen LogP contribution in [0.4, 0.5) is 0 Å². The molecule has 1 fully saturated rings. The van der Waals surface area contributed by atoms with Crippen molar-refractivity contribution in [2.75, 3.05) is 26.7 Å². The van der Waals surface area contributed by atoms with Gasteiger partial charge in [-0.15, -0.1) is 0 Å². The van der Waals surface area contributed by atoms with Gasteiger partial charge in [-0.05, 0) is 43.7 Å². The minimum Gasteiger partial charge on any atom is -0.497 e. The first-order valence-electron chi connectivity index (χ1n) is 7.08. The third-order valence-corrected chi connectivity index (χ3v) is 3.63. The number of carbonyl (C=O) groups is 1. The molecule has 1 heterocycles. The van der Waals surface area contributed by atoms with Crippen LogP contribution in [0.2, 0.25) is 0 Å². The number of amides is 1. The van der Waals surface area contributed by atoms with E-state index >= 15 is 0 Å². The van der Waals surface area contributed by atoms with Crippen LogP contribution in [0.25, 0.3) is 6.08 Å². The Balaban J connectivity index is 1.99. The minimum atomic E-state index is 0.0806. The number of benzene rings is 1. The van der Waals surface area contributed by atoms with Gasteiger partial charge in [0.25, 0.3) is 0 Å². The second kappa shape index (κ2) is 7.10. The molecule has 0 saturated carbocycles. The van der Waals surface area contributed by atoms with Crippen molar-refractivity contribution in [1.82, 2.24) is 10.2 Å². The van der Waals surface area contributed by atoms with Crippen LogP contribution >= 0.6 is 0 Å². The Hall–Kier alpha value is -1.81. The summed E-state index contributed by atoms with van der Waals surface area (Å²) in [5, 5.41) is 3.30. The summed E-state index contributed by atoms with van der Waals surface area (Å²) in [6, 6.07) is 7.99. The molecule has 4 nitrogen and oxygen atoms in total. The van der Waals surface area contributed by atoms with Crippen LogP contribution in [0.1, 0.15) is 18.9 Å². The lowest BCUT2D eigenvalue weighted by Crippen LogP contribution is -2.40. The molecule has 0 radical (unpaired) electrons. The van der Waals surface area contributed by atoms with Crippen molar-refractivity contribution in [3.8, 4) is 5.75 Å². The highest BCUT2D eigenvalue weighted by Gasteiger charge is 2.23. The topological polar surface area (TPSA) is 41.6 Å². The van der Waals surface area contributed by atoms with Crippen molar-refractivity contribution in [1.29, 1.82) is 0 Å². The largest absolute Gasteiger partial charge is 0.497 e. The number of nitrogens with one attached hydrogen (secondary N) is 1. The van der Waals surface area contributed by atoms with Crippen LogP contribution in [0.5, 0.6) is 5.75 Å². The van der Waals surface area contributed by atoms with Crippen LogP contribution in [-0.2, 0) is 4.79 Å². The summed E-state index contributed by atoms with van der Waals surface area (Å²) >= 11 is 0. The molecule has 2 rings (SSSR count). The SMILES string of the molecule is CCN(C(=O)C=Cc1ccc(OC)cc1)C1CCNC1. The van der Waals surface area contributed by atoms with Crippen molar-refractivity contribution < 1.29 is 9.53 Å². The second-order valence-electron chi connectivity index (χ2n) is 4.88. The molecule has 0 aliphatic carbocycles. The van der Waals surface area contributed by atoms with Crippen LogP contribution in [0.3, 0.4) is 0 Å². The number of nitrogens with zero attached hydrogens (tertiary/aromatic N) is 1. The van der Waals surface area contributed by atoms with E-state index in [1.807, 2.05) is 42.2 Å². The monoisotopic (exact) mass is 274 g/mol. The highest BCUT2D eigenvalue weighted by molar-refractivity contribution is 5.92. The molecule has 1 aromatic carbocycles. The smallest absolute Gasteiger partial charge is 0.246 e. The number of hydrogen-bond donors (Lipinski definition) is 1. The third kappa shape index (κ3) is 3.61. The maximum atomic E-state index is 12.2. The van der Waals surface area contributed by atoms with E-state index in [9.17, 15) is 4.79 Å². The highest BCUT2D eigenvalue weighted by Crippen LogP contribution is 2.13. The number of carbonyl (C=O) groups excluding carboxylic acids is 1. The van der Waals surface area contributed by atoms with Gasteiger partial charge in [0.2, 0.25) is 5.91 Å². The van der Waals surface area contributed by atoms with Gasteiger partial charge in [0, 0.05) is 25.2 Å². The molecular formula is C16H22N2O2. The van der Waals surface area contributed by atoms with E-state index in [2.05, 4.69) is 5.32 Å². The Bertz CT molecular complexity index is 462. The molecule has 1 N–H and O–H groups in total. The van der Waals surface area contributed by atoms with E-state index in [0.717, 1.165) is 37.4 Å². The van der Waals surface area contributed by atoms with Gasteiger partial charge < -0.3 is 15.0 Å². The Morgan fingerprint density at radius 1 is 1.45 bits per heavy atom. The van der Waals surface area contributed by atoms with E-state index in [0.29, 0.717) is 6.04 Å². The number of hydrogen-bond acceptors (Lipinski definition) is 3. The Morgan fingerprint density at radius 2 is 2.20 bits per heavy atom. The van der Waals surface area contributed by atoms with Crippen molar-refractivity contribution in [3.05, 3.63) is 35.9 Å². The Labute approximate surface area is 120 Å². The molecule has 1 atom stereocenters. The first kappa shape index (κ1) is 14.6. The van der Waals surface area contributed by atoms with Crippen LogP contribution in [-0.4, -0.2) is 43.6 Å². The predicted octanol–water partition coefficient (Wildman–Crippen LogP) is 1.92. The molecule has 0 aromatic heterocycles. The summed E-state index contributed by atoms with van der Waals surface area (Å²) in [7, 11) is 1.64. The van der Waals surface area contributed by atoms with Gasteiger partial charge in [-0.3, -0.25) is 4.79 Å². The molecule has 1 saturated heterocycles. The van der Waals surface area contributed by atoms with Crippen molar-refractivity contribution in [3.63, 3.8) is 0 Å². The lowest BCUT2D eigenvalue weighted by Gasteiger charge is -2.25. The predicted molar refractivity (Wildman–Crippen MR) is 80.7 cm³/mol. The Morgan fingerprint density at radius 3 is 2.75 bits per heavy atom. The molecule has 1 aromatic rings. The number of methoxy groups -OCH3 is 1. The second-order valence-corrected chi connectivity index (χ2v) is 4.88. The first-order valence-corrected chi connectivity index (χ1v) is 7.08. The molecule has 1 unspecified atom stereocenters. The summed E-state index contributed by atoms with van der Waals surface area (Å²) in [5.74, 6) is 0.901. The number of likely N-dealkylation sites (N-methyl/N-ethyl adjacent to an activating group) is 1. The van der Waals surface area contributed by atoms with Gasteiger partial charge in [-0.2, -0.15) is 0 Å². The van der Waals surface area contributed by atoms with Gasteiger partial charge in [-0.25, -0.2) is 0 Å². The molecule has 20 heavy (non-hydrogen) atoms. The lowest BCUT2D eigenvalue weighted by molar-refractivity contribution is -0.127. The van der Waals surface area contributed by atoms with Gasteiger partial charge in [0.05, 0.1) is 7.11 Å². The van der Waals surface area contributed by atoms with Gasteiger partial charge in [-0.1, -0.05) is 12.1 Å². The maximum absolute atomic E-state index is 12.2. The zero-order valence-electron chi connectivity index (χ0n) is 12.1. The average molecular weight is 274 g/mol. The summed E-state index contributed by atoms with van der Waals surface area (Å²) < 4.78 is 5.11. The molecular weight excluding hydrogens is 252 g/mol. The van der Waals surface area contributed by atoms with E-state index < -0.39 is 0 Å². The normalized spacial score (nSPS) is 18.4. The molecule has 1 aliphatic heterocycles. The summed E-state index contributed by atoms with van der Waals surface area (Å²) in [6.45, 7) is 4.67. The molecule has 1 aliphatic rings. The summed E-state index contributed by atoms with van der Waals surface area (Å²) in [5.41, 5.74) is 1.000. The van der Waals surface area contributed by atoms with Gasteiger partial charge in [0.15, 0.2) is 0 Å². The zero-order valence-corrected chi connectivity index (χ0v) is 12.1. The minimum absolute atomic E-state index is 0.0806. The number of rotatable bonds is 5. The van der Waals surface area contributed by atoms with Crippen molar-refractivity contribution in [2.45, 2.75) is 19.4 Å². The maximum Gasteiger partial charge on any atom is 0.246 e. The quantitative estimate of drug-likeness (QED) is 0.834. The lowest BCUT2D eigenvalue weighted by atomic mass is 10.2. The molecule has 4 heteroatoms. The van der Waals surface area contributed by atoms with Crippen molar-refractivity contribution in [2.24, 2.45) is 0 Å². The molecule has 1 amide bonds. The molecule has 0 spiro atoms. The van der Waals surface area contributed by atoms with Gasteiger partial charge in [0.1, 0.15) is 5.75 Å². The van der Waals surface area contributed by atoms with E-state index in [1.54, 1.807) is 13.2 Å². The van der Waals surface area contributed by atoms with E-state index in [-0.39, 0.29) is 5.91 Å².